The third kappa shape index (κ3) is 6.27. The normalized spacial score (nSPS) is 14.1. The average molecular weight is 440 g/mol. The summed E-state index contributed by atoms with van der Waals surface area (Å²) < 4.78 is 117. The average Bonchev–Trinajstić information content (AvgIpc) is 2.59. The Bertz CT molecular complexity index is 748. The molecule has 0 bridgehead atoms. The van der Waals surface area contributed by atoms with Gasteiger partial charge in [0.2, 0.25) is 0 Å². The van der Waals surface area contributed by atoms with E-state index in [1.807, 2.05) is 0 Å². The summed E-state index contributed by atoms with van der Waals surface area (Å²) in [6.45, 7) is 0. The molecule has 0 amide bonds. The van der Waals surface area contributed by atoms with Gasteiger partial charge in [0.15, 0.2) is 0 Å². The molecule has 0 aliphatic carbocycles. The number of rotatable bonds is 10. The minimum Gasteiger partial charge on any atom is -0.507 e. The van der Waals surface area contributed by atoms with Crippen molar-refractivity contribution < 1.29 is 64.0 Å². The second kappa shape index (κ2) is 8.51. The third-order valence-corrected chi connectivity index (χ3v) is 3.03. The van der Waals surface area contributed by atoms with E-state index in [-0.39, 0.29) is 24.5 Å². The summed E-state index contributed by atoms with van der Waals surface area (Å²) in [6, 6.07) is 4.70. The summed E-state index contributed by atoms with van der Waals surface area (Å²) in [5.41, 5.74) is -0.232. The molecule has 1 rings (SSSR count). The molecule has 0 aromatic heterocycles. The van der Waals surface area contributed by atoms with Crippen LogP contribution in [-0.4, -0.2) is 49.7 Å². The van der Waals surface area contributed by atoms with E-state index in [1.54, 1.807) is 0 Å². The lowest BCUT2D eigenvalue weighted by Crippen LogP contribution is -2.51. The standard InChI is InChI=1S/C15H12F8O6/c1-26-9-5-3-8(4-6-9)10(24)7-11(25)12(16,17)28-15(22,23)29-14(20,21)13(18,19)27-2/h3-7,24H,1-2H3. The first-order valence-electron chi connectivity index (χ1n) is 7.13. The maximum absolute atomic E-state index is 13.5. The van der Waals surface area contributed by atoms with Crippen molar-refractivity contribution in [3.63, 3.8) is 0 Å². The highest BCUT2D eigenvalue weighted by Gasteiger charge is 2.66. The molecular weight excluding hydrogens is 428 g/mol. The predicted octanol–water partition coefficient (Wildman–Crippen LogP) is 4.17. The number of ether oxygens (including phenoxy) is 4. The second-order valence-corrected chi connectivity index (χ2v) is 5.04. The van der Waals surface area contributed by atoms with E-state index in [0.29, 0.717) is 0 Å². The number of hydrogen-bond acceptors (Lipinski definition) is 6. The van der Waals surface area contributed by atoms with Crippen LogP contribution in [-0.2, 0) is 19.0 Å². The fourth-order valence-corrected chi connectivity index (χ4v) is 1.60. The van der Waals surface area contributed by atoms with Gasteiger partial charge >= 0.3 is 24.6 Å². The fraction of sp³-hybridized carbons (Fsp3) is 0.400. The number of carbonyl (C=O) groups is 1. The van der Waals surface area contributed by atoms with Gasteiger partial charge in [-0.2, -0.15) is 26.3 Å². The first kappa shape index (κ1) is 24.6. The Labute approximate surface area is 157 Å². The molecule has 1 aromatic carbocycles. The zero-order chi connectivity index (χ0) is 22.7. The van der Waals surface area contributed by atoms with E-state index in [1.165, 1.54) is 19.2 Å². The molecule has 0 fully saturated rings. The Morgan fingerprint density at radius 3 is 1.86 bits per heavy atom. The van der Waals surface area contributed by atoms with Gasteiger partial charge in [-0.05, 0) is 24.3 Å². The maximum atomic E-state index is 13.5. The molecule has 0 heterocycles. The number of ketones is 1. The van der Waals surface area contributed by atoms with Gasteiger partial charge in [0.1, 0.15) is 11.5 Å². The molecule has 0 spiro atoms. The summed E-state index contributed by atoms with van der Waals surface area (Å²) in [7, 11) is 1.29. The monoisotopic (exact) mass is 440 g/mol. The molecule has 29 heavy (non-hydrogen) atoms. The molecule has 0 radical (unpaired) electrons. The molecular formula is C15H12F8O6. The Hall–Kier alpha value is -2.45. The zero-order valence-corrected chi connectivity index (χ0v) is 14.4. The molecule has 0 aliphatic heterocycles. The van der Waals surface area contributed by atoms with Crippen LogP contribution in [0.15, 0.2) is 30.3 Å². The Morgan fingerprint density at radius 2 is 1.41 bits per heavy atom. The molecule has 1 N–H and O–H groups in total. The lowest BCUT2D eigenvalue weighted by atomic mass is 10.1. The van der Waals surface area contributed by atoms with Crippen molar-refractivity contribution in [3.05, 3.63) is 35.9 Å². The van der Waals surface area contributed by atoms with Gasteiger partial charge in [0.05, 0.1) is 7.11 Å². The van der Waals surface area contributed by atoms with Crippen LogP contribution in [0, 0.1) is 0 Å². The van der Waals surface area contributed by atoms with Gasteiger partial charge in [-0.15, -0.1) is 8.78 Å². The first-order chi connectivity index (χ1) is 13.1. The Balaban J connectivity index is 2.97. The fourth-order valence-electron chi connectivity index (χ4n) is 1.60. The molecule has 0 unspecified atom stereocenters. The number of halogens is 8. The Morgan fingerprint density at radius 1 is 0.897 bits per heavy atom. The minimum atomic E-state index is -6.11. The summed E-state index contributed by atoms with van der Waals surface area (Å²) >= 11 is 0. The minimum absolute atomic E-state index is 0.00113. The highest BCUT2D eigenvalue weighted by Crippen LogP contribution is 2.41. The molecule has 14 heteroatoms. The number of aliphatic hydroxyl groups is 1. The lowest BCUT2D eigenvalue weighted by molar-refractivity contribution is -0.545. The topological polar surface area (TPSA) is 74.2 Å². The number of hydrogen-bond donors (Lipinski definition) is 1. The van der Waals surface area contributed by atoms with Gasteiger partial charge in [-0.1, -0.05) is 0 Å². The van der Waals surface area contributed by atoms with E-state index in [0.717, 1.165) is 12.1 Å². The molecule has 0 atom stereocenters. The van der Waals surface area contributed by atoms with E-state index < -0.39 is 36.2 Å². The predicted molar refractivity (Wildman–Crippen MR) is 77.6 cm³/mol. The number of benzene rings is 1. The zero-order valence-electron chi connectivity index (χ0n) is 14.4. The van der Waals surface area contributed by atoms with E-state index in [9.17, 15) is 45.0 Å². The molecule has 0 saturated heterocycles. The summed E-state index contributed by atoms with van der Waals surface area (Å²) in [6.07, 6.45) is -23.6. The smallest absolute Gasteiger partial charge is 0.495 e. The van der Waals surface area contributed by atoms with Crippen molar-refractivity contribution in [2.75, 3.05) is 14.2 Å². The third-order valence-electron chi connectivity index (χ3n) is 3.03. The first-order valence-corrected chi connectivity index (χ1v) is 7.13. The largest absolute Gasteiger partial charge is 0.507 e. The highest BCUT2D eigenvalue weighted by atomic mass is 19.3. The van der Waals surface area contributed by atoms with Crippen molar-refractivity contribution in [3.8, 4) is 5.75 Å². The van der Waals surface area contributed by atoms with Gasteiger partial charge < -0.3 is 14.6 Å². The quantitative estimate of drug-likeness (QED) is 0.255. The molecule has 1 aromatic rings. The SMILES string of the molecule is COc1ccc(C(O)=CC(=O)C(F)(F)OC(F)(F)OC(F)(F)C(F)(F)OC)cc1. The number of aliphatic hydroxyl groups excluding tert-OH is 1. The van der Waals surface area contributed by atoms with Crippen LogP contribution in [0.3, 0.4) is 0 Å². The molecule has 164 valence electrons. The molecule has 0 saturated carbocycles. The molecule has 6 nitrogen and oxygen atoms in total. The number of carbonyl (C=O) groups excluding carboxylic acids is 1. The lowest BCUT2D eigenvalue weighted by Gasteiger charge is -2.28. The van der Waals surface area contributed by atoms with E-state index in [2.05, 4.69) is 14.2 Å². The van der Waals surface area contributed by atoms with Crippen LogP contribution in [0.1, 0.15) is 5.56 Å². The molecule has 0 aliphatic rings. The van der Waals surface area contributed by atoms with Crippen molar-refractivity contribution >= 4 is 11.5 Å². The van der Waals surface area contributed by atoms with Crippen molar-refractivity contribution in [1.29, 1.82) is 0 Å². The maximum Gasteiger partial charge on any atom is 0.495 e. The number of methoxy groups -OCH3 is 2. The van der Waals surface area contributed by atoms with Crippen LogP contribution in [0.5, 0.6) is 5.75 Å². The summed E-state index contributed by atoms with van der Waals surface area (Å²) in [4.78, 5) is 11.4. The van der Waals surface area contributed by atoms with Crippen LogP contribution < -0.4 is 4.74 Å². The van der Waals surface area contributed by atoms with Crippen molar-refractivity contribution in [2.45, 2.75) is 24.6 Å². The van der Waals surface area contributed by atoms with Crippen LogP contribution >= 0.6 is 0 Å². The van der Waals surface area contributed by atoms with Crippen molar-refractivity contribution in [2.24, 2.45) is 0 Å². The second-order valence-electron chi connectivity index (χ2n) is 5.04. The van der Waals surface area contributed by atoms with Crippen LogP contribution in [0.2, 0.25) is 0 Å². The van der Waals surface area contributed by atoms with Gasteiger partial charge in [-0.25, -0.2) is 9.47 Å². The van der Waals surface area contributed by atoms with Gasteiger partial charge in [-0.3, -0.25) is 4.79 Å². The van der Waals surface area contributed by atoms with E-state index >= 15 is 0 Å². The summed E-state index contributed by atoms with van der Waals surface area (Å²) in [5.74, 6) is -3.48. The summed E-state index contributed by atoms with van der Waals surface area (Å²) in [5, 5.41) is 9.60. The van der Waals surface area contributed by atoms with E-state index in [4.69, 9.17) is 4.74 Å². The van der Waals surface area contributed by atoms with Gasteiger partial charge in [0.25, 0.3) is 5.78 Å². The van der Waals surface area contributed by atoms with Crippen LogP contribution in [0.25, 0.3) is 5.76 Å². The highest BCUT2D eigenvalue weighted by molar-refractivity contribution is 5.99. The van der Waals surface area contributed by atoms with Crippen LogP contribution in [0.4, 0.5) is 35.1 Å². The van der Waals surface area contributed by atoms with Crippen molar-refractivity contribution in [1.82, 2.24) is 0 Å². The Kier molecular flexibility index (Phi) is 7.21. The van der Waals surface area contributed by atoms with Gasteiger partial charge in [0, 0.05) is 18.7 Å². The number of alkyl halides is 8.